The van der Waals surface area contributed by atoms with E-state index in [1.54, 1.807) is 0 Å². The fourth-order valence-electron chi connectivity index (χ4n) is 1.92. The van der Waals surface area contributed by atoms with Gasteiger partial charge in [0.05, 0.1) is 0 Å². The third-order valence-corrected chi connectivity index (χ3v) is 2.95. The predicted octanol–water partition coefficient (Wildman–Crippen LogP) is 3.56. The number of nitrogens with one attached hydrogen (secondary N) is 1. The van der Waals surface area contributed by atoms with Crippen LogP contribution in [0.25, 0.3) is 0 Å². The summed E-state index contributed by atoms with van der Waals surface area (Å²) in [5, 5.41) is 3.38. The number of aromatic nitrogens is 2. The first-order chi connectivity index (χ1) is 9.15. The molecule has 3 heteroatoms. The lowest BCUT2D eigenvalue weighted by Crippen LogP contribution is -2.09. The van der Waals surface area contributed by atoms with Gasteiger partial charge in [0.2, 0.25) is 0 Å². The molecule has 0 saturated carbocycles. The van der Waals surface area contributed by atoms with Crippen LogP contribution in [-0.2, 0) is 6.42 Å². The molecule has 0 spiro atoms. The van der Waals surface area contributed by atoms with Crippen LogP contribution in [0.1, 0.15) is 36.8 Å². The molecule has 2 aromatic rings. The molecule has 0 aliphatic rings. The van der Waals surface area contributed by atoms with Gasteiger partial charge in [0.1, 0.15) is 11.6 Å². The Labute approximate surface area is 115 Å². The molecule has 2 rings (SSSR count). The topological polar surface area (TPSA) is 37.8 Å². The molecule has 100 valence electrons. The highest BCUT2D eigenvalue weighted by Gasteiger charge is 2.05. The number of rotatable bonds is 5. The molecular weight excluding hydrogens is 234 g/mol. The molecule has 1 heterocycles. The van der Waals surface area contributed by atoms with Gasteiger partial charge in [-0.2, -0.15) is 0 Å². The Bertz CT molecular complexity index is 521. The zero-order valence-corrected chi connectivity index (χ0v) is 11.9. The molecule has 0 fully saturated rings. The molecule has 0 amide bonds. The first-order valence-electron chi connectivity index (χ1n) is 6.78. The molecule has 3 nitrogen and oxygen atoms in total. The molecule has 1 N–H and O–H groups in total. The summed E-state index contributed by atoms with van der Waals surface area (Å²) in [6, 6.07) is 12.5. The molecule has 0 aliphatic heterocycles. The van der Waals surface area contributed by atoms with Gasteiger partial charge in [-0.1, -0.05) is 44.2 Å². The molecule has 0 unspecified atom stereocenters. The first-order valence-corrected chi connectivity index (χ1v) is 6.78. The highest BCUT2D eigenvalue weighted by Crippen LogP contribution is 2.13. The number of hydrogen-bond acceptors (Lipinski definition) is 3. The van der Waals surface area contributed by atoms with Crippen molar-refractivity contribution in [2.24, 2.45) is 0 Å². The van der Waals surface area contributed by atoms with Crippen LogP contribution >= 0.6 is 0 Å². The van der Waals surface area contributed by atoms with Gasteiger partial charge in [-0.3, -0.25) is 0 Å². The minimum Gasteiger partial charge on any atom is -0.370 e. The monoisotopic (exact) mass is 255 g/mol. The van der Waals surface area contributed by atoms with Gasteiger partial charge in [-0.15, -0.1) is 0 Å². The van der Waals surface area contributed by atoms with E-state index in [0.29, 0.717) is 5.92 Å². The maximum atomic E-state index is 4.54. The Morgan fingerprint density at radius 1 is 1.11 bits per heavy atom. The molecule has 0 saturated heterocycles. The van der Waals surface area contributed by atoms with Crippen molar-refractivity contribution in [3.63, 3.8) is 0 Å². The van der Waals surface area contributed by atoms with Gasteiger partial charge in [0.25, 0.3) is 0 Å². The van der Waals surface area contributed by atoms with Crippen molar-refractivity contribution >= 4 is 5.82 Å². The molecular formula is C16H21N3. The zero-order chi connectivity index (χ0) is 13.7. The standard InChI is InChI=1S/C16H21N3/c1-12(2)16-18-13(3)11-15(19-16)17-10-9-14-7-5-4-6-8-14/h4-8,11-12H,9-10H2,1-3H3,(H,17,18,19). The van der Waals surface area contributed by atoms with E-state index in [1.165, 1.54) is 5.56 Å². The third kappa shape index (κ3) is 4.05. The summed E-state index contributed by atoms with van der Waals surface area (Å²) in [4.78, 5) is 8.99. The Hall–Kier alpha value is -1.90. The first kappa shape index (κ1) is 13.5. The Kier molecular flexibility index (Phi) is 4.50. The molecule has 1 aromatic heterocycles. The fraction of sp³-hybridized carbons (Fsp3) is 0.375. The number of benzene rings is 1. The van der Waals surface area contributed by atoms with Crippen molar-refractivity contribution in [2.75, 3.05) is 11.9 Å². The van der Waals surface area contributed by atoms with Gasteiger partial charge >= 0.3 is 0 Å². The second-order valence-electron chi connectivity index (χ2n) is 5.07. The van der Waals surface area contributed by atoms with Crippen LogP contribution < -0.4 is 5.32 Å². The lowest BCUT2D eigenvalue weighted by Gasteiger charge is -2.10. The molecule has 0 aliphatic carbocycles. The number of nitrogens with zero attached hydrogens (tertiary/aromatic N) is 2. The van der Waals surface area contributed by atoms with E-state index in [0.717, 1.165) is 30.3 Å². The van der Waals surface area contributed by atoms with E-state index in [2.05, 4.69) is 53.4 Å². The van der Waals surface area contributed by atoms with E-state index < -0.39 is 0 Å². The average molecular weight is 255 g/mol. The normalized spacial score (nSPS) is 10.7. The summed E-state index contributed by atoms with van der Waals surface area (Å²) in [6.45, 7) is 7.12. The number of anilines is 1. The van der Waals surface area contributed by atoms with Crippen LogP contribution in [0.5, 0.6) is 0 Å². The summed E-state index contributed by atoms with van der Waals surface area (Å²) in [5.74, 6) is 2.18. The minimum atomic E-state index is 0.356. The van der Waals surface area contributed by atoms with E-state index in [4.69, 9.17) is 0 Å². The molecule has 0 atom stereocenters. The maximum Gasteiger partial charge on any atom is 0.133 e. The van der Waals surface area contributed by atoms with Gasteiger partial charge < -0.3 is 5.32 Å². The quantitative estimate of drug-likeness (QED) is 0.887. The van der Waals surface area contributed by atoms with Crippen LogP contribution in [0.3, 0.4) is 0 Å². The largest absolute Gasteiger partial charge is 0.370 e. The zero-order valence-electron chi connectivity index (χ0n) is 11.9. The van der Waals surface area contributed by atoms with E-state index in [9.17, 15) is 0 Å². The van der Waals surface area contributed by atoms with E-state index in [1.807, 2.05) is 19.1 Å². The fourth-order valence-corrected chi connectivity index (χ4v) is 1.92. The van der Waals surface area contributed by atoms with Crippen LogP contribution in [0.4, 0.5) is 5.82 Å². The van der Waals surface area contributed by atoms with Crippen molar-refractivity contribution in [3.8, 4) is 0 Å². The van der Waals surface area contributed by atoms with Crippen LogP contribution in [0, 0.1) is 6.92 Å². The van der Waals surface area contributed by atoms with Crippen molar-refractivity contribution < 1.29 is 0 Å². The van der Waals surface area contributed by atoms with Gasteiger partial charge in [0, 0.05) is 24.2 Å². The number of hydrogen-bond donors (Lipinski definition) is 1. The summed E-state index contributed by atoms with van der Waals surface area (Å²) >= 11 is 0. The second-order valence-corrected chi connectivity index (χ2v) is 5.07. The lowest BCUT2D eigenvalue weighted by molar-refractivity contribution is 0.766. The van der Waals surface area contributed by atoms with Gasteiger partial charge in [-0.25, -0.2) is 9.97 Å². The molecule has 19 heavy (non-hydrogen) atoms. The molecule has 0 bridgehead atoms. The average Bonchev–Trinajstić information content (AvgIpc) is 2.39. The van der Waals surface area contributed by atoms with Crippen LogP contribution in [-0.4, -0.2) is 16.5 Å². The van der Waals surface area contributed by atoms with Gasteiger partial charge in [-0.05, 0) is 18.9 Å². The van der Waals surface area contributed by atoms with Crippen molar-refractivity contribution in [1.82, 2.24) is 9.97 Å². The maximum absolute atomic E-state index is 4.54. The summed E-state index contributed by atoms with van der Waals surface area (Å²) in [5.41, 5.74) is 2.35. The Morgan fingerprint density at radius 3 is 2.53 bits per heavy atom. The van der Waals surface area contributed by atoms with E-state index in [-0.39, 0.29) is 0 Å². The van der Waals surface area contributed by atoms with E-state index >= 15 is 0 Å². The number of aryl methyl sites for hydroxylation is 1. The second kappa shape index (κ2) is 6.32. The summed E-state index contributed by atoms with van der Waals surface area (Å²) < 4.78 is 0. The predicted molar refractivity (Wildman–Crippen MR) is 79.5 cm³/mol. The van der Waals surface area contributed by atoms with Crippen LogP contribution in [0.2, 0.25) is 0 Å². The Balaban J connectivity index is 1.96. The van der Waals surface area contributed by atoms with Crippen LogP contribution in [0.15, 0.2) is 36.4 Å². The smallest absolute Gasteiger partial charge is 0.133 e. The third-order valence-electron chi connectivity index (χ3n) is 2.95. The Morgan fingerprint density at radius 2 is 1.84 bits per heavy atom. The van der Waals surface area contributed by atoms with Gasteiger partial charge in [0.15, 0.2) is 0 Å². The van der Waals surface area contributed by atoms with Crippen molar-refractivity contribution in [3.05, 3.63) is 53.5 Å². The lowest BCUT2D eigenvalue weighted by atomic mass is 10.1. The highest BCUT2D eigenvalue weighted by molar-refractivity contribution is 5.36. The highest BCUT2D eigenvalue weighted by atomic mass is 15.0. The molecule has 0 radical (unpaired) electrons. The van der Waals surface area contributed by atoms with Crippen molar-refractivity contribution in [1.29, 1.82) is 0 Å². The SMILES string of the molecule is Cc1cc(NCCc2ccccc2)nc(C(C)C)n1. The minimum absolute atomic E-state index is 0.356. The summed E-state index contributed by atoms with van der Waals surface area (Å²) in [7, 11) is 0. The molecule has 1 aromatic carbocycles. The van der Waals surface area contributed by atoms with Crippen molar-refractivity contribution in [2.45, 2.75) is 33.1 Å². The summed E-state index contributed by atoms with van der Waals surface area (Å²) in [6.07, 6.45) is 1.00.